The summed E-state index contributed by atoms with van der Waals surface area (Å²) in [6, 6.07) is 15.0. The van der Waals surface area contributed by atoms with Crippen molar-refractivity contribution in [2.45, 2.75) is 6.92 Å². The van der Waals surface area contributed by atoms with Crippen LogP contribution in [0.4, 0.5) is 5.69 Å². The minimum atomic E-state index is -0.192. The van der Waals surface area contributed by atoms with E-state index < -0.39 is 0 Å². The van der Waals surface area contributed by atoms with Crippen LogP contribution in [-0.2, 0) is 7.05 Å². The third-order valence-corrected chi connectivity index (χ3v) is 3.93. The van der Waals surface area contributed by atoms with Gasteiger partial charge in [0.15, 0.2) is 0 Å². The van der Waals surface area contributed by atoms with E-state index in [-0.39, 0.29) is 5.91 Å². The van der Waals surface area contributed by atoms with Crippen LogP contribution in [0, 0.1) is 0 Å². The molecule has 0 spiro atoms. The van der Waals surface area contributed by atoms with Crippen molar-refractivity contribution >= 4 is 22.5 Å². The SMILES string of the molecule is CCOc1ccccc1NC(=O)c1cc2c(OC)cccc2n1C. The van der Waals surface area contributed by atoms with Crippen molar-refractivity contribution in [3.8, 4) is 11.5 Å². The minimum absolute atomic E-state index is 0.192. The molecule has 5 heteroatoms. The number of fused-ring (bicyclic) bond motifs is 1. The van der Waals surface area contributed by atoms with Gasteiger partial charge in [0.25, 0.3) is 5.91 Å². The summed E-state index contributed by atoms with van der Waals surface area (Å²) in [6.07, 6.45) is 0. The highest BCUT2D eigenvalue weighted by Crippen LogP contribution is 2.29. The molecular formula is C19H20N2O3. The Kier molecular flexibility index (Phi) is 4.42. The molecule has 24 heavy (non-hydrogen) atoms. The average Bonchev–Trinajstić information content (AvgIpc) is 2.94. The van der Waals surface area contributed by atoms with Gasteiger partial charge in [0.05, 0.1) is 24.9 Å². The monoisotopic (exact) mass is 324 g/mol. The molecule has 5 nitrogen and oxygen atoms in total. The molecule has 2 aromatic carbocycles. The third-order valence-electron chi connectivity index (χ3n) is 3.93. The second-order valence-corrected chi connectivity index (χ2v) is 5.36. The van der Waals surface area contributed by atoms with E-state index in [0.717, 1.165) is 16.7 Å². The second-order valence-electron chi connectivity index (χ2n) is 5.36. The van der Waals surface area contributed by atoms with Crippen LogP contribution in [0.3, 0.4) is 0 Å². The first-order valence-corrected chi connectivity index (χ1v) is 7.81. The number of carbonyl (C=O) groups excluding carboxylic acids is 1. The Hall–Kier alpha value is -2.95. The van der Waals surface area contributed by atoms with Crippen LogP contribution in [0.15, 0.2) is 48.5 Å². The number of aryl methyl sites for hydroxylation is 1. The lowest BCUT2D eigenvalue weighted by atomic mass is 10.2. The molecule has 0 radical (unpaired) electrons. The normalized spacial score (nSPS) is 10.6. The summed E-state index contributed by atoms with van der Waals surface area (Å²) in [4.78, 5) is 12.7. The summed E-state index contributed by atoms with van der Waals surface area (Å²) < 4.78 is 12.8. The Morgan fingerprint density at radius 1 is 1.12 bits per heavy atom. The van der Waals surface area contributed by atoms with Gasteiger partial charge in [0.1, 0.15) is 17.2 Å². The number of para-hydroxylation sites is 2. The van der Waals surface area contributed by atoms with E-state index in [4.69, 9.17) is 9.47 Å². The molecule has 0 atom stereocenters. The molecule has 0 fully saturated rings. The number of ether oxygens (including phenoxy) is 2. The van der Waals surface area contributed by atoms with Crippen molar-refractivity contribution in [2.75, 3.05) is 19.0 Å². The molecule has 124 valence electrons. The molecule has 3 aromatic rings. The van der Waals surface area contributed by atoms with E-state index in [9.17, 15) is 4.79 Å². The summed E-state index contributed by atoms with van der Waals surface area (Å²) >= 11 is 0. The van der Waals surface area contributed by atoms with Crippen molar-refractivity contribution < 1.29 is 14.3 Å². The van der Waals surface area contributed by atoms with Crippen LogP contribution in [0.25, 0.3) is 10.9 Å². The lowest BCUT2D eigenvalue weighted by Gasteiger charge is -2.11. The summed E-state index contributed by atoms with van der Waals surface area (Å²) in [7, 11) is 3.49. The Labute approximate surface area is 140 Å². The van der Waals surface area contributed by atoms with Gasteiger partial charge in [-0.15, -0.1) is 0 Å². The van der Waals surface area contributed by atoms with Gasteiger partial charge < -0.3 is 19.4 Å². The largest absolute Gasteiger partial charge is 0.496 e. The number of amides is 1. The number of anilines is 1. The van der Waals surface area contributed by atoms with Gasteiger partial charge in [-0.05, 0) is 37.3 Å². The summed E-state index contributed by atoms with van der Waals surface area (Å²) in [5.41, 5.74) is 2.15. The van der Waals surface area contributed by atoms with Crippen molar-refractivity contribution in [1.29, 1.82) is 0 Å². The molecule has 0 aliphatic rings. The quantitative estimate of drug-likeness (QED) is 0.776. The van der Waals surface area contributed by atoms with Crippen molar-refractivity contribution in [1.82, 2.24) is 4.57 Å². The minimum Gasteiger partial charge on any atom is -0.496 e. The molecule has 0 bridgehead atoms. The fraction of sp³-hybridized carbons (Fsp3) is 0.211. The lowest BCUT2D eigenvalue weighted by molar-refractivity contribution is 0.101. The maximum absolute atomic E-state index is 12.7. The molecule has 0 unspecified atom stereocenters. The van der Waals surface area contributed by atoms with Gasteiger partial charge in [-0.2, -0.15) is 0 Å². The maximum Gasteiger partial charge on any atom is 0.272 e. The topological polar surface area (TPSA) is 52.5 Å². The van der Waals surface area contributed by atoms with Crippen LogP contribution in [0.1, 0.15) is 17.4 Å². The molecule has 1 heterocycles. The highest BCUT2D eigenvalue weighted by Gasteiger charge is 2.17. The molecule has 0 saturated heterocycles. The van der Waals surface area contributed by atoms with Gasteiger partial charge in [0, 0.05) is 12.4 Å². The fourth-order valence-corrected chi connectivity index (χ4v) is 2.77. The van der Waals surface area contributed by atoms with E-state index in [1.807, 2.05) is 67.1 Å². The Morgan fingerprint density at radius 3 is 2.62 bits per heavy atom. The van der Waals surface area contributed by atoms with E-state index in [1.54, 1.807) is 7.11 Å². The van der Waals surface area contributed by atoms with Gasteiger partial charge >= 0.3 is 0 Å². The first-order chi connectivity index (χ1) is 11.7. The lowest BCUT2D eigenvalue weighted by Crippen LogP contribution is -2.16. The van der Waals surface area contributed by atoms with E-state index in [0.29, 0.717) is 23.7 Å². The number of benzene rings is 2. The number of carbonyl (C=O) groups is 1. The molecule has 0 saturated carbocycles. The number of hydrogen-bond acceptors (Lipinski definition) is 3. The highest BCUT2D eigenvalue weighted by molar-refractivity contribution is 6.07. The average molecular weight is 324 g/mol. The van der Waals surface area contributed by atoms with Crippen LogP contribution < -0.4 is 14.8 Å². The Bertz CT molecular complexity index is 883. The smallest absolute Gasteiger partial charge is 0.272 e. The molecule has 1 aromatic heterocycles. The van der Waals surface area contributed by atoms with Gasteiger partial charge in [-0.1, -0.05) is 18.2 Å². The molecule has 1 N–H and O–H groups in total. The predicted molar refractivity (Wildman–Crippen MR) is 95.0 cm³/mol. The number of methoxy groups -OCH3 is 1. The Morgan fingerprint density at radius 2 is 1.88 bits per heavy atom. The van der Waals surface area contributed by atoms with Gasteiger partial charge in [-0.25, -0.2) is 0 Å². The number of nitrogens with one attached hydrogen (secondary N) is 1. The zero-order valence-electron chi connectivity index (χ0n) is 14.0. The molecule has 3 rings (SSSR count). The van der Waals surface area contributed by atoms with Crippen LogP contribution in [-0.4, -0.2) is 24.2 Å². The van der Waals surface area contributed by atoms with E-state index in [1.165, 1.54) is 0 Å². The van der Waals surface area contributed by atoms with Crippen molar-refractivity contribution in [3.05, 3.63) is 54.2 Å². The maximum atomic E-state index is 12.7. The number of aromatic nitrogens is 1. The summed E-state index contributed by atoms with van der Waals surface area (Å²) in [5.74, 6) is 1.21. The molecule has 1 amide bonds. The molecule has 0 aliphatic carbocycles. The first-order valence-electron chi connectivity index (χ1n) is 7.81. The number of rotatable bonds is 5. The second kappa shape index (κ2) is 6.66. The standard InChI is InChI=1S/C19H20N2O3/c1-4-24-18-10-6-5-8-14(18)20-19(22)16-12-13-15(21(16)2)9-7-11-17(13)23-3/h5-12H,4H2,1-3H3,(H,20,22). The number of nitrogens with zero attached hydrogens (tertiary/aromatic N) is 1. The van der Waals surface area contributed by atoms with E-state index in [2.05, 4.69) is 5.32 Å². The summed E-state index contributed by atoms with van der Waals surface area (Å²) in [6.45, 7) is 2.45. The van der Waals surface area contributed by atoms with Crippen LogP contribution >= 0.6 is 0 Å². The summed E-state index contributed by atoms with van der Waals surface area (Å²) in [5, 5.41) is 3.83. The van der Waals surface area contributed by atoms with Gasteiger partial charge in [0.2, 0.25) is 0 Å². The van der Waals surface area contributed by atoms with E-state index >= 15 is 0 Å². The molecule has 0 aliphatic heterocycles. The highest BCUT2D eigenvalue weighted by atomic mass is 16.5. The number of hydrogen-bond donors (Lipinski definition) is 1. The fourth-order valence-electron chi connectivity index (χ4n) is 2.77. The van der Waals surface area contributed by atoms with Crippen LogP contribution in [0.2, 0.25) is 0 Å². The van der Waals surface area contributed by atoms with Crippen molar-refractivity contribution in [2.24, 2.45) is 7.05 Å². The van der Waals surface area contributed by atoms with Crippen molar-refractivity contribution in [3.63, 3.8) is 0 Å². The molecular weight excluding hydrogens is 304 g/mol. The first kappa shape index (κ1) is 15.9. The Balaban J connectivity index is 1.96. The predicted octanol–water partition coefficient (Wildman–Crippen LogP) is 3.84. The zero-order chi connectivity index (χ0) is 17.1. The third kappa shape index (κ3) is 2.80. The van der Waals surface area contributed by atoms with Crippen LogP contribution in [0.5, 0.6) is 11.5 Å². The zero-order valence-corrected chi connectivity index (χ0v) is 14.0. The van der Waals surface area contributed by atoms with Gasteiger partial charge in [-0.3, -0.25) is 4.79 Å².